The Morgan fingerprint density at radius 3 is 2.75 bits per heavy atom. The van der Waals surface area contributed by atoms with Gasteiger partial charge in [-0.25, -0.2) is 4.99 Å². The molecule has 2 N–H and O–H groups in total. The van der Waals surface area contributed by atoms with Gasteiger partial charge in [-0.2, -0.15) is 5.10 Å². The van der Waals surface area contributed by atoms with Crippen LogP contribution in [-0.2, 0) is 23.1 Å². The van der Waals surface area contributed by atoms with E-state index in [0.717, 1.165) is 31.7 Å². The van der Waals surface area contributed by atoms with E-state index < -0.39 is 0 Å². The van der Waals surface area contributed by atoms with Gasteiger partial charge in [0.05, 0.1) is 18.8 Å². The number of aliphatic imine (C=N–C) groups is 1. The van der Waals surface area contributed by atoms with Gasteiger partial charge in [-0.1, -0.05) is 0 Å². The predicted molar refractivity (Wildman–Crippen MR) is 103 cm³/mol. The third kappa shape index (κ3) is 7.04. The number of halogens is 1. The largest absolute Gasteiger partial charge is 0.381 e. The lowest BCUT2D eigenvalue weighted by Gasteiger charge is -2.25. The molecular formula is C15H27IN6O2. The topological polar surface area (TPSA) is 83.8 Å². The summed E-state index contributed by atoms with van der Waals surface area (Å²) in [4.78, 5) is 17.9. The lowest BCUT2D eigenvalue weighted by atomic mass is 10.1. The first kappa shape index (κ1) is 20.7. The Morgan fingerprint density at radius 1 is 1.46 bits per heavy atom. The number of nitrogens with one attached hydrogen (secondary N) is 2. The van der Waals surface area contributed by atoms with Crippen molar-refractivity contribution in [1.29, 1.82) is 0 Å². The molecular weight excluding hydrogens is 423 g/mol. The van der Waals surface area contributed by atoms with Crippen LogP contribution in [-0.4, -0.2) is 66.4 Å². The maximum atomic E-state index is 11.8. The number of carbonyl (C=O) groups is 1. The van der Waals surface area contributed by atoms with Crippen LogP contribution < -0.4 is 10.6 Å². The number of nitrogens with zero attached hydrogens (tertiary/aromatic N) is 4. The minimum absolute atomic E-state index is 0. The molecule has 0 radical (unpaired) electrons. The highest BCUT2D eigenvalue weighted by Gasteiger charge is 2.16. The third-order valence-corrected chi connectivity index (χ3v) is 3.64. The molecule has 8 nitrogen and oxygen atoms in total. The first-order chi connectivity index (χ1) is 11.0. The zero-order chi connectivity index (χ0) is 16.7. The van der Waals surface area contributed by atoms with Crippen molar-refractivity contribution in [1.82, 2.24) is 25.3 Å². The molecule has 9 heteroatoms. The summed E-state index contributed by atoms with van der Waals surface area (Å²) in [5.41, 5.74) is 0.888. The minimum Gasteiger partial charge on any atom is -0.381 e. The van der Waals surface area contributed by atoms with Crippen LogP contribution in [0.5, 0.6) is 0 Å². The van der Waals surface area contributed by atoms with Crippen molar-refractivity contribution in [2.45, 2.75) is 25.4 Å². The average Bonchev–Trinajstić information content (AvgIpc) is 2.96. The molecule has 1 amide bonds. The summed E-state index contributed by atoms with van der Waals surface area (Å²) in [6.07, 6.45) is 3.76. The number of ether oxygens (including phenoxy) is 1. The van der Waals surface area contributed by atoms with Gasteiger partial charge in [-0.05, 0) is 18.9 Å². The molecule has 2 rings (SSSR count). The Bertz CT molecular complexity index is 540. The maximum Gasteiger partial charge on any atom is 0.241 e. The van der Waals surface area contributed by atoms with Gasteiger partial charge in [0.2, 0.25) is 5.91 Å². The van der Waals surface area contributed by atoms with Crippen LogP contribution in [0.25, 0.3) is 0 Å². The molecule has 2 heterocycles. The second kappa shape index (κ2) is 10.5. The molecule has 1 aromatic heterocycles. The summed E-state index contributed by atoms with van der Waals surface area (Å²) in [6, 6.07) is 2.24. The molecule has 1 aliphatic heterocycles. The molecule has 136 valence electrons. The smallest absolute Gasteiger partial charge is 0.241 e. The number of aromatic nitrogens is 2. The summed E-state index contributed by atoms with van der Waals surface area (Å²) < 4.78 is 7.12. The van der Waals surface area contributed by atoms with E-state index in [1.165, 1.54) is 0 Å². The van der Waals surface area contributed by atoms with Gasteiger partial charge in [-0.15, -0.1) is 24.0 Å². The molecule has 1 aromatic rings. The molecule has 1 aliphatic rings. The Labute approximate surface area is 160 Å². The minimum atomic E-state index is 0. The Hall–Kier alpha value is -1.36. The lowest BCUT2D eigenvalue weighted by Crippen LogP contribution is -2.48. The van der Waals surface area contributed by atoms with E-state index >= 15 is 0 Å². The van der Waals surface area contributed by atoms with Crippen molar-refractivity contribution in [2.24, 2.45) is 12.0 Å². The number of likely N-dealkylation sites (N-methyl/N-ethyl adjacent to an activating group) is 1. The summed E-state index contributed by atoms with van der Waals surface area (Å²) >= 11 is 0. The van der Waals surface area contributed by atoms with E-state index in [-0.39, 0.29) is 36.4 Å². The molecule has 0 unspecified atom stereocenters. The normalized spacial score (nSPS) is 15.5. The molecule has 24 heavy (non-hydrogen) atoms. The van der Waals surface area contributed by atoms with E-state index in [0.29, 0.717) is 18.5 Å². The van der Waals surface area contributed by atoms with Gasteiger partial charge >= 0.3 is 0 Å². The van der Waals surface area contributed by atoms with Gasteiger partial charge in [0.25, 0.3) is 0 Å². The zero-order valence-corrected chi connectivity index (χ0v) is 16.8. The Morgan fingerprint density at radius 2 is 2.17 bits per heavy atom. The van der Waals surface area contributed by atoms with Gasteiger partial charge in [0.1, 0.15) is 0 Å². The summed E-state index contributed by atoms with van der Waals surface area (Å²) in [5, 5.41) is 10.8. The van der Waals surface area contributed by atoms with Crippen molar-refractivity contribution in [2.75, 3.05) is 33.9 Å². The molecule has 0 aliphatic carbocycles. The Balaban J connectivity index is 0.00000288. The number of hydrogen-bond acceptors (Lipinski definition) is 4. The highest BCUT2D eigenvalue weighted by molar-refractivity contribution is 14.0. The predicted octanol–water partition coefficient (Wildman–Crippen LogP) is 0.341. The van der Waals surface area contributed by atoms with Crippen LogP contribution in [0.15, 0.2) is 17.3 Å². The molecule has 0 atom stereocenters. The fraction of sp³-hybridized carbons (Fsp3) is 0.667. The second-order valence-corrected chi connectivity index (χ2v) is 5.82. The fourth-order valence-electron chi connectivity index (χ4n) is 2.21. The van der Waals surface area contributed by atoms with Crippen LogP contribution in [0.2, 0.25) is 0 Å². The Kier molecular flexibility index (Phi) is 9.04. The highest BCUT2D eigenvalue weighted by atomic mass is 127. The first-order valence-corrected chi connectivity index (χ1v) is 7.86. The average molecular weight is 450 g/mol. The standard InChI is InChI=1S/C15H26N6O2.HI/c1-20(2)14(22)11-17-15(18-12-5-8-23-9-6-12)16-10-13-4-7-21(3)19-13;/h4,7,12H,5-6,8-11H2,1-3H3,(H2,16,17,18);1H. The fourth-order valence-corrected chi connectivity index (χ4v) is 2.21. The van der Waals surface area contributed by atoms with Crippen LogP contribution >= 0.6 is 24.0 Å². The van der Waals surface area contributed by atoms with Gasteiger partial charge in [0.15, 0.2) is 5.96 Å². The SMILES string of the molecule is CN(C)C(=O)CNC(=NCc1ccn(C)n1)NC1CCOCC1.I. The number of hydrogen-bond donors (Lipinski definition) is 2. The quantitative estimate of drug-likeness (QED) is 0.384. The lowest BCUT2D eigenvalue weighted by molar-refractivity contribution is -0.127. The van der Waals surface area contributed by atoms with Crippen molar-refractivity contribution < 1.29 is 9.53 Å². The highest BCUT2D eigenvalue weighted by Crippen LogP contribution is 2.06. The molecule has 0 bridgehead atoms. The zero-order valence-electron chi connectivity index (χ0n) is 14.5. The first-order valence-electron chi connectivity index (χ1n) is 7.86. The molecule has 1 saturated heterocycles. The van der Waals surface area contributed by atoms with Crippen LogP contribution in [0.1, 0.15) is 18.5 Å². The van der Waals surface area contributed by atoms with Gasteiger partial charge < -0.3 is 20.3 Å². The number of rotatable bonds is 5. The molecule has 1 fully saturated rings. The van der Waals surface area contributed by atoms with E-state index in [1.54, 1.807) is 23.7 Å². The number of aryl methyl sites for hydroxylation is 1. The van der Waals surface area contributed by atoms with Gasteiger partial charge in [0, 0.05) is 46.6 Å². The van der Waals surface area contributed by atoms with Crippen molar-refractivity contribution in [3.8, 4) is 0 Å². The van der Waals surface area contributed by atoms with Crippen LogP contribution in [0.3, 0.4) is 0 Å². The summed E-state index contributed by atoms with van der Waals surface area (Å²) in [7, 11) is 5.35. The monoisotopic (exact) mass is 450 g/mol. The maximum absolute atomic E-state index is 11.8. The van der Waals surface area contributed by atoms with Crippen molar-refractivity contribution >= 4 is 35.8 Å². The van der Waals surface area contributed by atoms with Crippen molar-refractivity contribution in [3.05, 3.63) is 18.0 Å². The van der Waals surface area contributed by atoms with E-state index in [2.05, 4.69) is 20.7 Å². The number of guanidine groups is 1. The van der Waals surface area contributed by atoms with E-state index in [4.69, 9.17) is 4.74 Å². The number of amides is 1. The van der Waals surface area contributed by atoms with E-state index in [1.807, 2.05) is 19.3 Å². The third-order valence-electron chi connectivity index (χ3n) is 3.64. The van der Waals surface area contributed by atoms with Crippen LogP contribution in [0, 0.1) is 0 Å². The van der Waals surface area contributed by atoms with Gasteiger partial charge in [-0.3, -0.25) is 9.48 Å². The van der Waals surface area contributed by atoms with Crippen molar-refractivity contribution in [3.63, 3.8) is 0 Å². The second-order valence-electron chi connectivity index (χ2n) is 5.82. The molecule has 0 aromatic carbocycles. The number of carbonyl (C=O) groups excluding carboxylic acids is 1. The molecule has 0 spiro atoms. The molecule has 0 saturated carbocycles. The summed E-state index contributed by atoms with van der Waals surface area (Å²) in [6.45, 7) is 2.18. The van der Waals surface area contributed by atoms with Crippen LogP contribution in [0.4, 0.5) is 0 Å². The summed E-state index contributed by atoms with van der Waals surface area (Å²) in [5.74, 6) is 0.641. The van der Waals surface area contributed by atoms with E-state index in [9.17, 15) is 4.79 Å².